The van der Waals surface area contributed by atoms with E-state index >= 15 is 0 Å². The number of imidazole rings is 1. The van der Waals surface area contributed by atoms with Gasteiger partial charge in [-0.3, -0.25) is 9.59 Å². The van der Waals surface area contributed by atoms with Crippen LogP contribution in [0.25, 0.3) is 0 Å². The molecule has 1 fully saturated rings. The third kappa shape index (κ3) is 2.83. The lowest BCUT2D eigenvalue weighted by Crippen LogP contribution is -2.54. The fourth-order valence-electron chi connectivity index (χ4n) is 3.79. The highest BCUT2D eigenvalue weighted by molar-refractivity contribution is 7.08. The van der Waals surface area contributed by atoms with Crippen molar-refractivity contribution >= 4 is 23.2 Å². The Morgan fingerprint density at radius 2 is 2.12 bits per heavy atom. The highest BCUT2D eigenvalue weighted by atomic mass is 32.1. The summed E-state index contributed by atoms with van der Waals surface area (Å²) in [4.78, 5) is 33.0. The lowest BCUT2D eigenvalue weighted by atomic mass is 9.88. The fraction of sp³-hybridized carbons (Fsp3) is 0.500. The predicted molar refractivity (Wildman–Crippen MR) is 96.9 cm³/mol. The van der Waals surface area contributed by atoms with Crippen molar-refractivity contribution in [2.24, 2.45) is 0 Å². The fourth-order valence-corrected chi connectivity index (χ4v) is 4.42. The summed E-state index contributed by atoms with van der Waals surface area (Å²) in [6.07, 6.45) is 4.41. The van der Waals surface area contributed by atoms with Crippen LogP contribution in [0.2, 0.25) is 0 Å². The summed E-state index contributed by atoms with van der Waals surface area (Å²) in [6.45, 7) is 1.65. The first-order valence-corrected chi connectivity index (χ1v) is 9.66. The van der Waals surface area contributed by atoms with Crippen molar-refractivity contribution in [2.75, 3.05) is 27.2 Å². The van der Waals surface area contributed by atoms with Crippen LogP contribution in [-0.2, 0) is 21.7 Å². The molecular weight excluding hydrogens is 352 g/mol. The second-order valence-corrected chi connectivity index (χ2v) is 7.82. The Balaban J connectivity index is 1.55. The number of ether oxygens (including phenoxy) is 1. The van der Waals surface area contributed by atoms with Crippen LogP contribution in [0.1, 0.15) is 29.0 Å². The summed E-state index contributed by atoms with van der Waals surface area (Å²) >= 11 is 1.52. The third-order valence-electron chi connectivity index (χ3n) is 5.20. The lowest BCUT2D eigenvalue weighted by Gasteiger charge is -2.45. The molecule has 1 atom stereocenters. The number of aromatic nitrogens is 2. The molecule has 7 nitrogen and oxygen atoms in total. The quantitative estimate of drug-likeness (QED) is 0.800. The molecule has 2 aromatic heterocycles. The number of hydrogen-bond acceptors (Lipinski definition) is 5. The van der Waals surface area contributed by atoms with Gasteiger partial charge in [0.1, 0.15) is 11.4 Å². The highest BCUT2D eigenvalue weighted by Crippen LogP contribution is 2.40. The molecule has 0 aliphatic carbocycles. The van der Waals surface area contributed by atoms with Gasteiger partial charge in [0.2, 0.25) is 0 Å². The topological polar surface area (TPSA) is 67.7 Å². The van der Waals surface area contributed by atoms with E-state index in [2.05, 4.69) is 4.98 Å². The number of rotatable bonds is 2. The molecule has 2 amide bonds. The molecule has 0 bridgehead atoms. The molecule has 2 aromatic rings. The maximum atomic E-state index is 12.6. The number of thiophene rings is 1. The molecule has 0 N–H and O–H groups in total. The maximum absolute atomic E-state index is 12.6. The number of nitrogens with zero attached hydrogens (tertiary/aromatic N) is 4. The monoisotopic (exact) mass is 374 g/mol. The molecule has 2 aliphatic heterocycles. The van der Waals surface area contributed by atoms with E-state index in [0.29, 0.717) is 32.5 Å². The molecular formula is C18H22N4O3S. The number of hydrogen-bond donors (Lipinski definition) is 0. The van der Waals surface area contributed by atoms with Crippen LogP contribution in [0.4, 0.5) is 0 Å². The largest absolute Gasteiger partial charge is 0.352 e. The van der Waals surface area contributed by atoms with Crippen LogP contribution in [0, 0.1) is 0 Å². The van der Waals surface area contributed by atoms with Crippen LogP contribution >= 0.6 is 11.3 Å². The van der Waals surface area contributed by atoms with Gasteiger partial charge in [-0.25, -0.2) is 4.98 Å². The molecule has 0 radical (unpaired) electrons. The number of likely N-dealkylation sites (N-methyl/N-ethyl adjacent to an activating group) is 1. The minimum absolute atomic E-state index is 0.0412. The van der Waals surface area contributed by atoms with Crippen molar-refractivity contribution in [3.63, 3.8) is 0 Å². The van der Waals surface area contributed by atoms with Gasteiger partial charge in [-0.15, -0.1) is 0 Å². The maximum Gasteiger partial charge on any atom is 0.254 e. The number of amides is 2. The number of piperidine rings is 1. The van der Waals surface area contributed by atoms with Gasteiger partial charge < -0.3 is 19.1 Å². The first kappa shape index (κ1) is 17.2. The molecule has 0 saturated carbocycles. The number of carbonyl (C=O) groups excluding carboxylic acids is 2. The second-order valence-electron chi connectivity index (χ2n) is 7.04. The van der Waals surface area contributed by atoms with Crippen molar-refractivity contribution < 1.29 is 14.3 Å². The van der Waals surface area contributed by atoms with E-state index in [9.17, 15) is 9.59 Å². The van der Waals surface area contributed by atoms with Crippen LogP contribution < -0.4 is 0 Å². The zero-order valence-electron chi connectivity index (χ0n) is 14.9. The summed E-state index contributed by atoms with van der Waals surface area (Å²) in [5.74, 6) is 0.879. The van der Waals surface area contributed by atoms with Gasteiger partial charge in [-0.1, -0.05) is 0 Å². The molecule has 26 heavy (non-hydrogen) atoms. The summed E-state index contributed by atoms with van der Waals surface area (Å²) in [5.41, 5.74) is 0.126. The Hall–Kier alpha value is -2.19. The Kier molecular flexibility index (Phi) is 4.32. The summed E-state index contributed by atoms with van der Waals surface area (Å²) in [6, 6.07) is 1.85. The first-order valence-electron chi connectivity index (χ1n) is 8.72. The molecule has 1 unspecified atom stereocenters. The summed E-state index contributed by atoms with van der Waals surface area (Å²) in [7, 11) is 3.48. The Morgan fingerprint density at radius 1 is 1.35 bits per heavy atom. The average molecular weight is 374 g/mol. The lowest BCUT2D eigenvalue weighted by molar-refractivity contribution is -0.178. The van der Waals surface area contributed by atoms with Gasteiger partial charge >= 0.3 is 0 Å². The van der Waals surface area contributed by atoms with Crippen LogP contribution in [-0.4, -0.2) is 64.5 Å². The van der Waals surface area contributed by atoms with Gasteiger partial charge in [0.05, 0.1) is 12.1 Å². The average Bonchev–Trinajstić information content (AvgIpc) is 3.33. The van der Waals surface area contributed by atoms with E-state index in [1.54, 1.807) is 25.2 Å². The Labute approximate surface area is 156 Å². The van der Waals surface area contributed by atoms with E-state index in [1.165, 1.54) is 11.3 Å². The van der Waals surface area contributed by atoms with E-state index < -0.39 is 11.7 Å². The normalized spacial score (nSPS) is 21.5. The van der Waals surface area contributed by atoms with Crippen molar-refractivity contribution in [1.29, 1.82) is 0 Å². The van der Waals surface area contributed by atoms with Gasteiger partial charge in [0.15, 0.2) is 6.10 Å². The van der Waals surface area contributed by atoms with E-state index in [1.807, 2.05) is 32.5 Å². The van der Waals surface area contributed by atoms with Crippen molar-refractivity contribution in [3.8, 4) is 0 Å². The van der Waals surface area contributed by atoms with E-state index in [-0.39, 0.29) is 11.8 Å². The first-order chi connectivity index (χ1) is 12.5. The van der Waals surface area contributed by atoms with Gasteiger partial charge in [0.25, 0.3) is 11.8 Å². The van der Waals surface area contributed by atoms with Crippen LogP contribution in [0.15, 0.2) is 29.2 Å². The van der Waals surface area contributed by atoms with Crippen molar-refractivity contribution in [2.45, 2.75) is 31.1 Å². The van der Waals surface area contributed by atoms with Crippen LogP contribution in [0.5, 0.6) is 0 Å². The molecule has 1 spiro atoms. The minimum atomic E-state index is -0.608. The van der Waals surface area contributed by atoms with Gasteiger partial charge in [-0.05, 0) is 11.4 Å². The second kappa shape index (κ2) is 6.51. The van der Waals surface area contributed by atoms with Gasteiger partial charge in [0, 0.05) is 57.8 Å². The SMILES string of the molecule is CN(C)C(=O)C1Cn2ccnc2C2(CCN(C(=O)c3ccsc3)CC2)O1. The molecule has 4 heterocycles. The molecule has 2 aliphatic rings. The van der Waals surface area contributed by atoms with Crippen LogP contribution in [0.3, 0.4) is 0 Å². The summed E-state index contributed by atoms with van der Waals surface area (Å²) < 4.78 is 8.35. The standard InChI is InChI=1S/C18H22N4O3S/c1-20(2)16(24)14-11-22-9-6-19-17(22)18(25-14)4-7-21(8-5-18)15(23)13-3-10-26-12-13/h3,6,9-10,12,14H,4-5,7-8,11H2,1-2H3. The molecule has 1 saturated heterocycles. The molecule has 8 heteroatoms. The Morgan fingerprint density at radius 3 is 2.77 bits per heavy atom. The minimum Gasteiger partial charge on any atom is -0.352 e. The zero-order valence-corrected chi connectivity index (χ0v) is 15.7. The smallest absolute Gasteiger partial charge is 0.254 e. The Bertz CT molecular complexity index is 806. The van der Waals surface area contributed by atoms with Crippen molar-refractivity contribution in [3.05, 3.63) is 40.6 Å². The number of fused-ring (bicyclic) bond motifs is 2. The van der Waals surface area contributed by atoms with E-state index in [0.717, 1.165) is 11.4 Å². The number of carbonyl (C=O) groups is 2. The van der Waals surface area contributed by atoms with Crippen molar-refractivity contribution in [1.82, 2.24) is 19.4 Å². The number of likely N-dealkylation sites (tertiary alicyclic amines) is 1. The molecule has 0 aromatic carbocycles. The molecule has 4 rings (SSSR count). The predicted octanol–water partition coefficient (Wildman–Crippen LogP) is 1.56. The zero-order chi connectivity index (χ0) is 18.3. The third-order valence-corrected chi connectivity index (χ3v) is 5.88. The highest BCUT2D eigenvalue weighted by Gasteiger charge is 2.47. The molecule has 138 valence electrons. The van der Waals surface area contributed by atoms with Gasteiger partial charge in [-0.2, -0.15) is 11.3 Å². The summed E-state index contributed by atoms with van der Waals surface area (Å²) in [5, 5.41) is 3.79. The van der Waals surface area contributed by atoms with E-state index in [4.69, 9.17) is 4.74 Å².